The van der Waals surface area contributed by atoms with Crippen LogP contribution in [-0.4, -0.2) is 46.5 Å². The first-order valence-corrected chi connectivity index (χ1v) is 8.44. The van der Waals surface area contributed by atoms with Gasteiger partial charge < -0.3 is 14.0 Å². The normalized spacial score (nSPS) is 24.7. The zero-order valence-corrected chi connectivity index (χ0v) is 13.6. The molecule has 2 aliphatic heterocycles. The van der Waals surface area contributed by atoms with Gasteiger partial charge in [0.1, 0.15) is 5.65 Å². The number of hydrogen-bond donors (Lipinski definition) is 0. The van der Waals surface area contributed by atoms with Crippen LogP contribution in [0.15, 0.2) is 24.5 Å². The molecule has 1 spiro atoms. The molecule has 122 valence electrons. The molecule has 23 heavy (non-hydrogen) atoms. The van der Waals surface area contributed by atoms with E-state index in [1.165, 1.54) is 6.42 Å². The molecule has 0 N–H and O–H groups in total. The number of imidazole rings is 1. The molecule has 2 saturated heterocycles. The van der Waals surface area contributed by atoms with E-state index < -0.39 is 0 Å². The van der Waals surface area contributed by atoms with E-state index in [9.17, 15) is 4.79 Å². The average Bonchev–Trinajstić information content (AvgIpc) is 3.16. The molecule has 1 amide bonds. The van der Waals surface area contributed by atoms with E-state index in [0.717, 1.165) is 56.0 Å². The van der Waals surface area contributed by atoms with Crippen molar-refractivity contribution in [1.82, 2.24) is 14.3 Å². The van der Waals surface area contributed by atoms with Crippen molar-refractivity contribution >= 4 is 11.6 Å². The van der Waals surface area contributed by atoms with Crippen LogP contribution in [0.2, 0.25) is 0 Å². The maximum absolute atomic E-state index is 12.8. The monoisotopic (exact) mass is 313 g/mol. The molecule has 2 aromatic rings. The first-order valence-electron chi connectivity index (χ1n) is 8.44. The maximum atomic E-state index is 12.8. The molecule has 2 aliphatic rings. The number of piperidine rings is 1. The maximum Gasteiger partial charge on any atom is 0.228 e. The van der Waals surface area contributed by atoms with Gasteiger partial charge in [-0.25, -0.2) is 4.98 Å². The van der Waals surface area contributed by atoms with E-state index >= 15 is 0 Å². The van der Waals surface area contributed by atoms with Gasteiger partial charge in [-0.3, -0.25) is 4.79 Å². The first kappa shape index (κ1) is 14.7. The molecular formula is C18H23N3O2. The number of ether oxygens (including phenoxy) is 1. The number of aromatic nitrogens is 2. The zero-order chi connectivity index (χ0) is 15.9. The van der Waals surface area contributed by atoms with Gasteiger partial charge in [-0.15, -0.1) is 0 Å². The van der Waals surface area contributed by atoms with Crippen molar-refractivity contribution in [1.29, 1.82) is 0 Å². The molecular weight excluding hydrogens is 290 g/mol. The first-order chi connectivity index (χ1) is 11.2. The highest BCUT2D eigenvalue weighted by molar-refractivity contribution is 5.79. The van der Waals surface area contributed by atoms with Crippen LogP contribution in [0.25, 0.3) is 5.65 Å². The molecule has 0 unspecified atom stereocenters. The minimum Gasteiger partial charge on any atom is -0.381 e. The number of carbonyl (C=O) groups excluding carboxylic acids is 1. The molecule has 5 heteroatoms. The molecule has 0 radical (unpaired) electrons. The number of aryl methyl sites for hydroxylation is 1. The highest BCUT2D eigenvalue weighted by Gasteiger charge is 2.40. The highest BCUT2D eigenvalue weighted by Crippen LogP contribution is 2.37. The topological polar surface area (TPSA) is 46.8 Å². The second kappa shape index (κ2) is 5.64. The number of nitrogens with zero attached hydrogens (tertiary/aromatic N) is 3. The quantitative estimate of drug-likeness (QED) is 0.854. The van der Waals surface area contributed by atoms with E-state index in [1.807, 2.05) is 40.8 Å². The van der Waals surface area contributed by atoms with E-state index in [4.69, 9.17) is 4.74 Å². The predicted molar refractivity (Wildman–Crippen MR) is 87.3 cm³/mol. The summed E-state index contributed by atoms with van der Waals surface area (Å²) in [4.78, 5) is 19.3. The van der Waals surface area contributed by atoms with Gasteiger partial charge in [-0.2, -0.15) is 0 Å². The molecule has 4 heterocycles. The fraction of sp³-hybridized carbons (Fsp3) is 0.556. The second-order valence-corrected chi connectivity index (χ2v) is 7.03. The Bertz CT molecular complexity index is 731. The fourth-order valence-corrected chi connectivity index (χ4v) is 3.99. The largest absolute Gasteiger partial charge is 0.381 e. The molecule has 0 saturated carbocycles. The van der Waals surface area contributed by atoms with Crippen LogP contribution in [0.4, 0.5) is 0 Å². The molecule has 2 aromatic heterocycles. The molecule has 5 nitrogen and oxygen atoms in total. The highest BCUT2D eigenvalue weighted by atomic mass is 16.5. The number of rotatable bonds is 2. The summed E-state index contributed by atoms with van der Waals surface area (Å²) in [5.41, 5.74) is 3.25. The van der Waals surface area contributed by atoms with Gasteiger partial charge in [0, 0.05) is 37.5 Å². The summed E-state index contributed by atoms with van der Waals surface area (Å²) in [6.07, 6.45) is 7.60. The fourth-order valence-electron chi connectivity index (χ4n) is 3.99. The Morgan fingerprint density at radius 3 is 3.17 bits per heavy atom. The van der Waals surface area contributed by atoms with Gasteiger partial charge in [-0.05, 0) is 37.8 Å². The Morgan fingerprint density at radius 1 is 1.43 bits per heavy atom. The summed E-state index contributed by atoms with van der Waals surface area (Å²) < 4.78 is 7.62. The Labute approximate surface area is 136 Å². The number of pyridine rings is 1. The van der Waals surface area contributed by atoms with Crippen LogP contribution in [-0.2, 0) is 16.0 Å². The van der Waals surface area contributed by atoms with Gasteiger partial charge in [-0.1, -0.05) is 6.07 Å². The van der Waals surface area contributed by atoms with Gasteiger partial charge in [0.05, 0.1) is 18.7 Å². The van der Waals surface area contributed by atoms with Gasteiger partial charge in [0.25, 0.3) is 0 Å². The average molecular weight is 313 g/mol. The van der Waals surface area contributed by atoms with Crippen molar-refractivity contribution < 1.29 is 9.53 Å². The summed E-state index contributed by atoms with van der Waals surface area (Å²) in [7, 11) is 0. The van der Waals surface area contributed by atoms with Crippen molar-refractivity contribution in [2.24, 2.45) is 5.41 Å². The number of hydrogen-bond acceptors (Lipinski definition) is 3. The summed E-state index contributed by atoms with van der Waals surface area (Å²) in [5, 5.41) is 0. The lowest BCUT2D eigenvalue weighted by atomic mass is 9.79. The third-order valence-electron chi connectivity index (χ3n) is 5.34. The third kappa shape index (κ3) is 2.63. The van der Waals surface area contributed by atoms with Crippen molar-refractivity contribution in [2.45, 2.75) is 32.6 Å². The SMILES string of the molecule is Cc1cccn2c(CC(=O)N3CCC[C@]4(CCOC4)C3)cnc12. The minimum absolute atomic E-state index is 0.208. The van der Waals surface area contributed by atoms with E-state index in [0.29, 0.717) is 6.42 Å². The molecule has 4 rings (SSSR count). The molecule has 0 bridgehead atoms. The number of fused-ring (bicyclic) bond motifs is 1. The van der Waals surface area contributed by atoms with Crippen LogP contribution in [0.5, 0.6) is 0 Å². The molecule has 2 fully saturated rings. The Balaban J connectivity index is 1.51. The van der Waals surface area contributed by atoms with Crippen LogP contribution in [0, 0.1) is 12.3 Å². The summed E-state index contributed by atoms with van der Waals surface area (Å²) >= 11 is 0. The molecule has 0 aromatic carbocycles. The van der Waals surface area contributed by atoms with E-state index in [-0.39, 0.29) is 11.3 Å². The van der Waals surface area contributed by atoms with Gasteiger partial charge >= 0.3 is 0 Å². The summed E-state index contributed by atoms with van der Waals surface area (Å²) in [6, 6.07) is 4.05. The number of likely N-dealkylation sites (tertiary alicyclic amines) is 1. The summed E-state index contributed by atoms with van der Waals surface area (Å²) in [5.74, 6) is 0.208. The third-order valence-corrected chi connectivity index (χ3v) is 5.34. The molecule has 1 atom stereocenters. The van der Waals surface area contributed by atoms with Crippen molar-refractivity contribution in [3.63, 3.8) is 0 Å². The Kier molecular flexibility index (Phi) is 3.60. The van der Waals surface area contributed by atoms with E-state index in [1.54, 1.807) is 0 Å². The predicted octanol–water partition coefficient (Wildman–Crippen LogP) is 2.21. The lowest BCUT2D eigenvalue weighted by Gasteiger charge is -2.39. The second-order valence-electron chi connectivity index (χ2n) is 7.03. The van der Waals surface area contributed by atoms with Crippen molar-refractivity contribution in [3.8, 4) is 0 Å². The van der Waals surface area contributed by atoms with Crippen molar-refractivity contribution in [3.05, 3.63) is 35.8 Å². The minimum atomic E-state index is 0.208. The summed E-state index contributed by atoms with van der Waals surface area (Å²) in [6.45, 7) is 5.42. The van der Waals surface area contributed by atoms with Crippen LogP contribution >= 0.6 is 0 Å². The lowest BCUT2D eigenvalue weighted by molar-refractivity contribution is -0.134. The van der Waals surface area contributed by atoms with Gasteiger partial charge in [0.15, 0.2) is 0 Å². The molecule has 0 aliphatic carbocycles. The Morgan fingerprint density at radius 2 is 2.35 bits per heavy atom. The number of carbonyl (C=O) groups is 1. The standard InChI is InChI=1S/C18H23N3O2/c1-14-4-2-8-21-15(11-19-17(14)21)10-16(22)20-7-3-5-18(12-20)6-9-23-13-18/h2,4,8,11H,3,5-7,9-10,12-13H2,1H3/t18-/m0/s1. The number of amides is 1. The van der Waals surface area contributed by atoms with Crippen LogP contribution < -0.4 is 0 Å². The van der Waals surface area contributed by atoms with Gasteiger partial charge in [0.2, 0.25) is 5.91 Å². The van der Waals surface area contributed by atoms with Crippen LogP contribution in [0.1, 0.15) is 30.5 Å². The lowest BCUT2D eigenvalue weighted by Crippen LogP contribution is -2.47. The van der Waals surface area contributed by atoms with E-state index in [2.05, 4.69) is 4.98 Å². The Hall–Kier alpha value is -1.88. The smallest absolute Gasteiger partial charge is 0.228 e. The van der Waals surface area contributed by atoms with Crippen molar-refractivity contribution in [2.75, 3.05) is 26.3 Å². The zero-order valence-electron chi connectivity index (χ0n) is 13.6. The van der Waals surface area contributed by atoms with Crippen LogP contribution in [0.3, 0.4) is 0 Å².